The Morgan fingerprint density at radius 2 is 2.44 bits per heavy atom. The van der Waals surface area contributed by atoms with E-state index in [9.17, 15) is 4.39 Å². The van der Waals surface area contributed by atoms with Gasteiger partial charge in [-0.3, -0.25) is 0 Å². The van der Waals surface area contributed by atoms with E-state index in [1.54, 1.807) is 0 Å². The lowest BCUT2D eigenvalue weighted by Crippen LogP contribution is -2.34. The summed E-state index contributed by atoms with van der Waals surface area (Å²) in [4.78, 5) is 0. The predicted molar refractivity (Wildman–Crippen MR) is 33.9 cm³/mol. The van der Waals surface area contributed by atoms with Crippen molar-refractivity contribution in [3.05, 3.63) is 12.2 Å². The van der Waals surface area contributed by atoms with Gasteiger partial charge in [-0.1, -0.05) is 12.2 Å². The van der Waals surface area contributed by atoms with Gasteiger partial charge in [-0.15, -0.1) is 0 Å². The Labute approximate surface area is 53.9 Å². The molecule has 0 spiro atoms. The SMILES string of the molecule is FCC1NC2C=CC1C2. The van der Waals surface area contributed by atoms with Gasteiger partial charge in [-0.2, -0.15) is 0 Å². The fourth-order valence-electron chi connectivity index (χ4n) is 1.71. The Hall–Kier alpha value is -0.370. The van der Waals surface area contributed by atoms with Crippen LogP contribution in [0.15, 0.2) is 12.2 Å². The average molecular weight is 127 g/mol. The van der Waals surface area contributed by atoms with Crippen molar-refractivity contribution >= 4 is 0 Å². The van der Waals surface area contributed by atoms with E-state index >= 15 is 0 Å². The second kappa shape index (κ2) is 1.81. The number of fused-ring (bicyclic) bond motifs is 2. The van der Waals surface area contributed by atoms with Crippen LogP contribution in [-0.4, -0.2) is 18.8 Å². The Morgan fingerprint density at radius 1 is 1.56 bits per heavy atom. The predicted octanol–water partition coefficient (Wildman–Crippen LogP) is 0.872. The van der Waals surface area contributed by atoms with Gasteiger partial charge in [0.25, 0.3) is 0 Å². The van der Waals surface area contributed by atoms with Crippen LogP contribution < -0.4 is 5.32 Å². The first kappa shape index (κ1) is 5.42. The van der Waals surface area contributed by atoms with Crippen LogP contribution in [0.5, 0.6) is 0 Å². The summed E-state index contributed by atoms with van der Waals surface area (Å²) in [5.74, 6) is 0.486. The van der Waals surface area contributed by atoms with E-state index in [1.807, 2.05) is 0 Å². The van der Waals surface area contributed by atoms with Gasteiger partial charge in [0.05, 0.1) is 0 Å². The number of halogens is 1. The van der Waals surface area contributed by atoms with Crippen LogP contribution in [0.4, 0.5) is 4.39 Å². The molecular formula is C7H10FN. The van der Waals surface area contributed by atoms with E-state index < -0.39 is 0 Å². The fourth-order valence-corrected chi connectivity index (χ4v) is 1.71. The number of nitrogens with one attached hydrogen (secondary N) is 1. The molecule has 1 fully saturated rings. The number of alkyl halides is 1. The molecule has 3 unspecified atom stereocenters. The summed E-state index contributed by atoms with van der Waals surface area (Å²) >= 11 is 0. The minimum absolute atomic E-state index is 0.125. The molecule has 0 amide bonds. The van der Waals surface area contributed by atoms with Gasteiger partial charge in [0.2, 0.25) is 0 Å². The molecule has 2 rings (SSSR count). The molecule has 2 bridgehead atoms. The van der Waals surface area contributed by atoms with Gasteiger partial charge >= 0.3 is 0 Å². The minimum atomic E-state index is -0.217. The molecule has 0 saturated carbocycles. The molecule has 1 saturated heterocycles. The fraction of sp³-hybridized carbons (Fsp3) is 0.714. The van der Waals surface area contributed by atoms with Crippen molar-refractivity contribution in [2.24, 2.45) is 5.92 Å². The van der Waals surface area contributed by atoms with Gasteiger partial charge in [-0.25, -0.2) is 4.39 Å². The van der Waals surface area contributed by atoms with Crippen LogP contribution in [0.3, 0.4) is 0 Å². The highest BCUT2D eigenvalue weighted by molar-refractivity contribution is 5.15. The third kappa shape index (κ3) is 0.697. The number of hydrogen-bond acceptors (Lipinski definition) is 1. The van der Waals surface area contributed by atoms with E-state index in [4.69, 9.17) is 0 Å². The third-order valence-electron chi connectivity index (χ3n) is 2.23. The number of hydrogen-bond donors (Lipinski definition) is 1. The lowest BCUT2D eigenvalue weighted by Gasteiger charge is -2.14. The third-order valence-corrected chi connectivity index (χ3v) is 2.23. The Bertz CT molecular complexity index is 144. The Kier molecular flexibility index (Phi) is 1.09. The van der Waals surface area contributed by atoms with Gasteiger partial charge < -0.3 is 5.32 Å². The molecule has 1 aliphatic heterocycles. The smallest absolute Gasteiger partial charge is 0.105 e. The van der Waals surface area contributed by atoms with Crippen molar-refractivity contribution in [2.45, 2.75) is 18.5 Å². The molecule has 3 atom stereocenters. The molecule has 9 heavy (non-hydrogen) atoms. The van der Waals surface area contributed by atoms with E-state index in [2.05, 4.69) is 17.5 Å². The van der Waals surface area contributed by atoms with Gasteiger partial charge in [0.1, 0.15) is 6.67 Å². The molecule has 0 radical (unpaired) electrons. The van der Waals surface area contributed by atoms with Crippen molar-refractivity contribution in [3.8, 4) is 0 Å². The monoisotopic (exact) mass is 127 g/mol. The highest BCUT2D eigenvalue weighted by atomic mass is 19.1. The van der Waals surface area contributed by atoms with E-state index in [0.717, 1.165) is 6.42 Å². The van der Waals surface area contributed by atoms with Gasteiger partial charge in [0.15, 0.2) is 0 Å². The molecule has 50 valence electrons. The topological polar surface area (TPSA) is 12.0 Å². The molecule has 0 aromatic carbocycles. The van der Waals surface area contributed by atoms with Gasteiger partial charge in [0, 0.05) is 12.1 Å². The zero-order valence-corrected chi connectivity index (χ0v) is 5.18. The first-order valence-corrected chi connectivity index (χ1v) is 3.40. The van der Waals surface area contributed by atoms with E-state index in [-0.39, 0.29) is 12.7 Å². The van der Waals surface area contributed by atoms with Crippen molar-refractivity contribution < 1.29 is 4.39 Å². The quantitative estimate of drug-likeness (QED) is 0.515. The maximum Gasteiger partial charge on any atom is 0.105 e. The molecule has 1 aliphatic carbocycles. The maximum atomic E-state index is 12.1. The standard InChI is InChI=1S/C7H10FN/c8-4-7-5-1-2-6(3-5)9-7/h1-2,5-7,9H,3-4H2. The summed E-state index contributed by atoms with van der Waals surface area (Å²) in [7, 11) is 0. The summed E-state index contributed by atoms with van der Waals surface area (Å²) in [5, 5.41) is 3.18. The maximum absolute atomic E-state index is 12.1. The average Bonchev–Trinajstić information content (AvgIpc) is 2.45. The molecule has 2 heteroatoms. The highest BCUT2D eigenvalue weighted by Crippen LogP contribution is 2.28. The van der Waals surface area contributed by atoms with Crippen molar-refractivity contribution in [1.82, 2.24) is 5.32 Å². The summed E-state index contributed by atoms with van der Waals surface area (Å²) in [6.07, 6.45) is 5.39. The largest absolute Gasteiger partial charge is 0.305 e. The molecule has 0 aromatic rings. The zero-order valence-electron chi connectivity index (χ0n) is 5.18. The normalized spacial score (nSPS) is 46.6. The molecule has 1 nitrogen and oxygen atoms in total. The molecule has 0 aromatic heterocycles. The minimum Gasteiger partial charge on any atom is -0.305 e. The van der Waals surface area contributed by atoms with Crippen LogP contribution in [-0.2, 0) is 0 Å². The second-order valence-electron chi connectivity index (χ2n) is 2.82. The van der Waals surface area contributed by atoms with Crippen LogP contribution in [0.25, 0.3) is 0 Å². The summed E-state index contributed by atoms with van der Waals surface area (Å²) < 4.78 is 12.1. The summed E-state index contributed by atoms with van der Waals surface area (Å²) in [6, 6.07) is 0.607. The van der Waals surface area contributed by atoms with Crippen molar-refractivity contribution in [2.75, 3.05) is 6.67 Å². The Balaban J connectivity index is 2.10. The van der Waals surface area contributed by atoms with Gasteiger partial charge in [-0.05, 0) is 12.3 Å². The molecule has 1 N–H and O–H groups in total. The second-order valence-corrected chi connectivity index (χ2v) is 2.82. The van der Waals surface area contributed by atoms with Crippen molar-refractivity contribution in [1.29, 1.82) is 0 Å². The number of rotatable bonds is 1. The summed E-state index contributed by atoms with van der Waals surface area (Å²) in [6.45, 7) is -0.217. The Morgan fingerprint density at radius 3 is 2.78 bits per heavy atom. The van der Waals surface area contributed by atoms with E-state index in [1.165, 1.54) is 0 Å². The van der Waals surface area contributed by atoms with Crippen LogP contribution >= 0.6 is 0 Å². The molecule has 1 heterocycles. The zero-order chi connectivity index (χ0) is 6.27. The van der Waals surface area contributed by atoms with Crippen LogP contribution in [0.2, 0.25) is 0 Å². The summed E-state index contributed by atoms with van der Waals surface area (Å²) in [5.41, 5.74) is 0. The first-order chi connectivity index (χ1) is 4.40. The molecule has 2 aliphatic rings. The first-order valence-electron chi connectivity index (χ1n) is 3.40. The lowest BCUT2D eigenvalue weighted by molar-refractivity contribution is 0.365. The van der Waals surface area contributed by atoms with Crippen LogP contribution in [0.1, 0.15) is 6.42 Å². The molecular weight excluding hydrogens is 117 g/mol. The highest BCUT2D eigenvalue weighted by Gasteiger charge is 2.34. The van der Waals surface area contributed by atoms with Crippen molar-refractivity contribution in [3.63, 3.8) is 0 Å². The van der Waals surface area contributed by atoms with E-state index in [0.29, 0.717) is 12.0 Å². The van der Waals surface area contributed by atoms with Crippen LogP contribution in [0, 0.1) is 5.92 Å². The lowest BCUT2D eigenvalue weighted by atomic mass is 10.0.